The van der Waals surface area contributed by atoms with E-state index in [0.29, 0.717) is 5.69 Å². The van der Waals surface area contributed by atoms with Crippen LogP contribution in [0.3, 0.4) is 0 Å². The highest BCUT2D eigenvalue weighted by Gasteiger charge is 2.31. The summed E-state index contributed by atoms with van der Waals surface area (Å²) in [7, 11) is 0. The van der Waals surface area contributed by atoms with E-state index in [1.165, 1.54) is 29.0 Å². The third-order valence-corrected chi connectivity index (χ3v) is 5.36. The maximum absolute atomic E-state index is 13.3. The molecule has 0 radical (unpaired) electrons. The molecule has 1 heterocycles. The van der Waals surface area contributed by atoms with Gasteiger partial charge in [0.25, 0.3) is 0 Å². The standard InChI is InChI=1S/C23H26ClFN2/c1-6-9-27-22-10-15(2)17(11-19(22)16(3)13-23(27,4)5)14-26-18-7-8-21(25)20(24)12-18/h7-8,10-14H,6,9H2,1-5H3. The molecule has 0 fully saturated rings. The van der Waals surface area contributed by atoms with Crippen molar-refractivity contribution >= 4 is 34.8 Å². The Labute approximate surface area is 166 Å². The molecular weight excluding hydrogens is 359 g/mol. The first-order valence-corrected chi connectivity index (χ1v) is 9.72. The van der Waals surface area contributed by atoms with Crippen molar-refractivity contribution in [2.75, 3.05) is 11.4 Å². The minimum Gasteiger partial charge on any atom is -0.362 e. The van der Waals surface area contributed by atoms with Gasteiger partial charge in [0.15, 0.2) is 0 Å². The number of benzene rings is 2. The molecule has 0 unspecified atom stereocenters. The molecule has 0 saturated heterocycles. The molecule has 0 spiro atoms. The average molecular weight is 385 g/mol. The van der Waals surface area contributed by atoms with Gasteiger partial charge in [0, 0.05) is 24.0 Å². The second-order valence-electron chi connectivity index (χ2n) is 7.72. The van der Waals surface area contributed by atoms with Gasteiger partial charge in [-0.15, -0.1) is 0 Å². The lowest BCUT2D eigenvalue weighted by Crippen LogP contribution is -2.45. The fourth-order valence-electron chi connectivity index (χ4n) is 3.73. The van der Waals surface area contributed by atoms with E-state index in [4.69, 9.17) is 11.6 Å². The van der Waals surface area contributed by atoms with Gasteiger partial charge < -0.3 is 4.90 Å². The van der Waals surface area contributed by atoms with Crippen LogP contribution in [0, 0.1) is 12.7 Å². The van der Waals surface area contributed by atoms with Crippen LogP contribution in [0.15, 0.2) is 41.4 Å². The Morgan fingerprint density at radius 2 is 1.93 bits per heavy atom. The van der Waals surface area contributed by atoms with Crippen LogP contribution in [0.1, 0.15) is 50.8 Å². The quantitative estimate of drug-likeness (QED) is 0.520. The summed E-state index contributed by atoms with van der Waals surface area (Å²) >= 11 is 5.85. The highest BCUT2D eigenvalue weighted by molar-refractivity contribution is 6.31. The first kappa shape index (κ1) is 19.6. The summed E-state index contributed by atoms with van der Waals surface area (Å²) < 4.78 is 13.3. The number of hydrogen-bond acceptors (Lipinski definition) is 2. The van der Waals surface area contributed by atoms with Crippen molar-refractivity contribution in [3.63, 3.8) is 0 Å². The van der Waals surface area contributed by atoms with E-state index in [1.807, 2.05) is 6.21 Å². The Balaban J connectivity index is 2.02. The highest BCUT2D eigenvalue weighted by atomic mass is 35.5. The summed E-state index contributed by atoms with van der Waals surface area (Å²) in [6, 6.07) is 8.96. The van der Waals surface area contributed by atoms with Gasteiger partial charge in [-0.1, -0.05) is 24.6 Å². The lowest BCUT2D eigenvalue weighted by Gasteiger charge is -2.43. The molecule has 0 amide bonds. The number of fused-ring (bicyclic) bond motifs is 1. The molecule has 0 aliphatic carbocycles. The summed E-state index contributed by atoms with van der Waals surface area (Å²) in [4.78, 5) is 6.96. The third-order valence-electron chi connectivity index (χ3n) is 5.07. The predicted octanol–water partition coefficient (Wildman–Crippen LogP) is 6.95. The van der Waals surface area contributed by atoms with Crippen LogP contribution in [-0.4, -0.2) is 18.3 Å². The minimum atomic E-state index is -0.431. The van der Waals surface area contributed by atoms with Gasteiger partial charge in [0.1, 0.15) is 5.82 Å². The normalized spacial score (nSPS) is 15.8. The largest absolute Gasteiger partial charge is 0.362 e. The molecular formula is C23H26ClFN2. The van der Waals surface area contributed by atoms with Crippen molar-refractivity contribution in [3.05, 3.63) is 63.9 Å². The van der Waals surface area contributed by atoms with Crippen LogP contribution in [0.2, 0.25) is 5.02 Å². The van der Waals surface area contributed by atoms with E-state index < -0.39 is 5.82 Å². The SMILES string of the molecule is CCCN1c2cc(C)c(C=Nc3ccc(F)c(Cl)c3)cc2C(C)=CC1(C)C. The molecule has 0 N–H and O–H groups in total. The van der Waals surface area contributed by atoms with Gasteiger partial charge in [0.2, 0.25) is 0 Å². The summed E-state index contributed by atoms with van der Waals surface area (Å²) in [5, 5.41) is 0.0861. The zero-order valence-electron chi connectivity index (χ0n) is 16.6. The van der Waals surface area contributed by atoms with Crippen LogP contribution in [0.4, 0.5) is 15.8 Å². The number of aliphatic imine (C=N–C) groups is 1. The molecule has 1 aliphatic rings. The van der Waals surface area contributed by atoms with Crippen molar-refractivity contribution in [3.8, 4) is 0 Å². The van der Waals surface area contributed by atoms with Crippen LogP contribution in [-0.2, 0) is 0 Å². The first-order valence-electron chi connectivity index (χ1n) is 9.34. The summed E-state index contributed by atoms with van der Waals surface area (Å²) in [6.07, 6.45) is 5.26. The Hall–Kier alpha value is -2.13. The molecule has 0 aromatic heterocycles. The summed E-state index contributed by atoms with van der Waals surface area (Å²) in [5.74, 6) is -0.431. The third kappa shape index (κ3) is 3.93. The van der Waals surface area contributed by atoms with Crippen molar-refractivity contribution < 1.29 is 4.39 Å². The molecule has 2 aromatic rings. The van der Waals surface area contributed by atoms with Gasteiger partial charge in [-0.25, -0.2) is 4.39 Å². The van der Waals surface area contributed by atoms with Gasteiger partial charge in [-0.05, 0) is 81.1 Å². The van der Waals surface area contributed by atoms with E-state index >= 15 is 0 Å². The molecule has 0 saturated carbocycles. The lowest BCUT2D eigenvalue weighted by atomic mass is 9.87. The number of rotatable bonds is 4. The molecule has 0 atom stereocenters. The smallest absolute Gasteiger partial charge is 0.141 e. The van der Waals surface area contributed by atoms with Gasteiger partial charge >= 0.3 is 0 Å². The van der Waals surface area contributed by atoms with E-state index in [9.17, 15) is 4.39 Å². The van der Waals surface area contributed by atoms with Crippen molar-refractivity contribution in [1.82, 2.24) is 0 Å². The Morgan fingerprint density at radius 1 is 1.19 bits per heavy atom. The number of halogens is 2. The van der Waals surface area contributed by atoms with E-state index in [2.05, 4.69) is 62.7 Å². The molecule has 4 heteroatoms. The first-order chi connectivity index (χ1) is 12.7. The topological polar surface area (TPSA) is 15.6 Å². The number of hydrogen-bond donors (Lipinski definition) is 0. The molecule has 1 aliphatic heterocycles. The monoisotopic (exact) mass is 384 g/mol. The minimum absolute atomic E-state index is 0.0000000638. The number of allylic oxidation sites excluding steroid dienone is 1. The molecule has 2 aromatic carbocycles. The van der Waals surface area contributed by atoms with E-state index in [-0.39, 0.29) is 10.6 Å². The Morgan fingerprint density at radius 3 is 2.59 bits per heavy atom. The highest BCUT2D eigenvalue weighted by Crippen LogP contribution is 2.40. The lowest BCUT2D eigenvalue weighted by molar-refractivity contribution is 0.550. The van der Waals surface area contributed by atoms with Crippen LogP contribution >= 0.6 is 11.6 Å². The van der Waals surface area contributed by atoms with Crippen LogP contribution in [0.25, 0.3) is 5.57 Å². The average Bonchev–Trinajstić information content (AvgIpc) is 2.59. The van der Waals surface area contributed by atoms with Crippen molar-refractivity contribution in [2.24, 2.45) is 4.99 Å². The van der Waals surface area contributed by atoms with Crippen molar-refractivity contribution in [2.45, 2.75) is 46.6 Å². The second-order valence-corrected chi connectivity index (χ2v) is 8.12. The second kappa shape index (κ2) is 7.47. The maximum Gasteiger partial charge on any atom is 0.141 e. The van der Waals surface area contributed by atoms with Gasteiger partial charge in [-0.2, -0.15) is 0 Å². The van der Waals surface area contributed by atoms with Crippen LogP contribution in [0.5, 0.6) is 0 Å². The fourth-order valence-corrected chi connectivity index (χ4v) is 3.90. The van der Waals surface area contributed by atoms with Crippen LogP contribution < -0.4 is 4.90 Å². The van der Waals surface area contributed by atoms with E-state index in [0.717, 1.165) is 24.1 Å². The molecule has 2 nitrogen and oxygen atoms in total. The molecule has 3 rings (SSSR count). The molecule has 0 bridgehead atoms. The number of anilines is 1. The van der Waals surface area contributed by atoms with Gasteiger partial charge in [0.05, 0.1) is 16.2 Å². The Kier molecular flexibility index (Phi) is 5.43. The Bertz CT molecular complexity index is 928. The van der Waals surface area contributed by atoms with Crippen molar-refractivity contribution in [1.29, 1.82) is 0 Å². The molecule has 27 heavy (non-hydrogen) atoms. The zero-order chi connectivity index (χ0) is 19.8. The summed E-state index contributed by atoms with van der Waals surface area (Å²) in [6.45, 7) is 12.0. The van der Waals surface area contributed by atoms with E-state index in [1.54, 1.807) is 6.07 Å². The molecule has 142 valence electrons. The predicted molar refractivity (Wildman–Crippen MR) is 115 cm³/mol. The fraction of sp³-hybridized carbons (Fsp3) is 0.348. The number of nitrogens with zero attached hydrogens (tertiary/aromatic N) is 2. The zero-order valence-corrected chi connectivity index (χ0v) is 17.4. The summed E-state index contributed by atoms with van der Waals surface area (Å²) in [5.41, 5.74) is 6.66. The number of aryl methyl sites for hydroxylation is 1. The maximum atomic E-state index is 13.3. The van der Waals surface area contributed by atoms with Gasteiger partial charge in [-0.3, -0.25) is 4.99 Å².